The smallest absolute Gasteiger partial charge is 0.418 e. The number of benzene rings is 2. The Morgan fingerprint density at radius 3 is 2.29 bits per heavy atom. The van der Waals surface area contributed by atoms with Crippen LogP contribution in [-0.4, -0.2) is 17.1 Å². The van der Waals surface area contributed by atoms with Gasteiger partial charge < -0.3 is 16.2 Å². The van der Waals surface area contributed by atoms with E-state index in [9.17, 15) is 22.8 Å². The molecule has 0 aliphatic heterocycles. The number of hydrogen-bond donors (Lipinski definition) is 4. The topological polar surface area (TPSA) is 104 Å². The van der Waals surface area contributed by atoms with Crippen LogP contribution in [0.15, 0.2) is 42.5 Å². The Morgan fingerprint density at radius 2 is 1.71 bits per heavy atom. The Kier molecular flexibility index (Phi) is 4.63. The number of anilines is 3. The van der Waals surface area contributed by atoms with Gasteiger partial charge in [-0.1, -0.05) is 12.1 Å². The van der Waals surface area contributed by atoms with Gasteiger partial charge in [-0.3, -0.25) is 10.1 Å². The molecular weight excluding hydrogens is 327 g/mol. The number of nitrogens with one attached hydrogen (secondary N) is 2. The summed E-state index contributed by atoms with van der Waals surface area (Å²) in [5, 5.41) is 12.5. The van der Waals surface area contributed by atoms with E-state index in [4.69, 9.17) is 10.8 Å². The molecule has 0 saturated heterocycles. The molecule has 9 heteroatoms. The quantitative estimate of drug-likeness (QED) is 0.641. The van der Waals surface area contributed by atoms with Crippen molar-refractivity contribution in [1.29, 1.82) is 0 Å². The fraction of sp³-hybridized carbons (Fsp3) is 0.0667. The SMILES string of the molecule is Nc1ccccc1C(=O)Nc1ccc(NC(=O)O)cc1C(F)(F)F. The molecule has 6 nitrogen and oxygen atoms in total. The lowest BCUT2D eigenvalue weighted by Crippen LogP contribution is -2.18. The molecule has 2 amide bonds. The van der Waals surface area contributed by atoms with Gasteiger partial charge in [0, 0.05) is 11.4 Å². The normalized spacial score (nSPS) is 11.0. The maximum atomic E-state index is 13.1. The van der Waals surface area contributed by atoms with Gasteiger partial charge in [0.25, 0.3) is 5.91 Å². The molecule has 0 atom stereocenters. The van der Waals surface area contributed by atoms with E-state index < -0.39 is 29.4 Å². The summed E-state index contributed by atoms with van der Waals surface area (Å²) in [5.74, 6) is -0.808. The predicted molar refractivity (Wildman–Crippen MR) is 81.9 cm³/mol. The first kappa shape index (κ1) is 17.1. The molecule has 0 heterocycles. The van der Waals surface area contributed by atoms with Crippen molar-refractivity contribution < 1.29 is 27.9 Å². The summed E-state index contributed by atoms with van der Waals surface area (Å²) in [7, 11) is 0. The van der Waals surface area contributed by atoms with Crippen molar-refractivity contribution in [2.45, 2.75) is 6.18 Å². The highest BCUT2D eigenvalue weighted by atomic mass is 19.4. The highest BCUT2D eigenvalue weighted by Crippen LogP contribution is 2.37. The van der Waals surface area contributed by atoms with Crippen LogP contribution in [0.5, 0.6) is 0 Å². The first-order valence-electron chi connectivity index (χ1n) is 6.55. The molecule has 0 aliphatic rings. The molecule has 0 aromatic heterocycles. The van der Waals surface area contributed by atoms with Crippen LogP contribution >= 0.6 is 0 Å². The van der Waals surface area contributed by atoms with E-state index in [1.807, 2.05) is 5.32 Å². The minimum Gasteiger partial charge on any atom is -0.465 e. The van der Waals surface area contributed by atoms with Gasteiger partial charge in [0.2, 0.25) is 0 Å². The second kappa shape index (κ2) is 6.49. The van der Waals surface area contributed by atoms with Crippen molar-refractivity contribution in [1.82, 2.24) is 0 Å². The number of halogens is 3. The molecule has 0 aliphatic carbocycles. The highest BCUT2D eigenvalue weighted by molar-refractivity contribution is 6.08. The summed E-state index contributed by atoms with van der Waals surface area (Å²) in [6.07, 6.45) is -6.29. The number of rotatable bonds is 3. The summed E-state index contributed by atoms with van der Waals surface area (Å²) >= 11 is 0. The number of nitrogens with two attached hydrogens (primary N) is 1. The van der Waals surface area contributed by atoms with Gasteiger partial charge in [-0.25, -0.2) is 4.79 Å². The Morgan fingerprint density at radius 1 is 1.04 bits per heavy atom. The van der Waals surface area contributed by atoms with Crippen molar-refractivity contribution in [3.05, 3.63) is 53.6 Å². The lowest BCUT2D eigenvalue weighted by atomic mass is 10.1. The number of hydrogen-bond acceptors (Lipinski definition) is 3. The third-order valence-corrected chi connectivity index (χ3v) is 3.03. The van der Waals surface area contributed by atoms with Crippen LogP contribution in [0.4, 0.5) is 35.0 Å². The summed E-state index contributed by atoms with van der Waals surface area (Å²) in [4.78, 5) is 22.6. The molecule has 2 aromatic carbocycles. The van der Waals surface area contributed by atoms with Gasteiger partial charge >= 0.3 is 12.3 Å². The second-order valence-corrected chi connectivity index (χ2v) is 4.73. The molecule has 0 saturated carbocycles. The maximum Gasteiger partial charge on any atom is 0.418 e. The van der Waals surface area contributed by atoms with E-state index in [0.717, 1.165) is 12.1 Å². The minimum absolute atomic E-state index is 0.0263. The molecule has 0 spiro atoms. The number of nitrogen functional groups attached to an aromatic ring is 1. The van der Waals surface area contributed by atoms with Gasteiger partial charge in [-0.05, 0) is 30.3 Å². The average molecular weight is 339 g/mol. The molecule has 2 aromatic rings. The lowest BCUT2D eigenvalue weighted by molar-refractivity contribution is -0.136. The minimum atomic E-state index is -4.79. The van der Waals surface area contributed by atoms with Gasteiger partial charge in [-0.2, -0.15) is 13.2 Å². The molecule has 0 radical (unpaired) electrons. The first-order valence-corrected chi connectivity index (χ1v) is 6.55. The molecular formula is C15H12F3N3O3. The molecule has 5 N–H and O–H groups in total. The van der Waals surface area contributed by atoms with E-state index in [2.05, 4.69) is 5.32 Å². The third-order valence-electron chi connectivity index (χ3n) is 3.03. The summed E-state index contributed by atoms with van der Waals surface area (Å²) < 4.78 is 39.4. The van der Waals surface area contributed by atoms with E-state index >= 15 is 0 Å². The van der Waals surface area contributed by atoms with Crippen molar-refractivity contribution in [3.8, 4) is 0 Å². The maximum absolute atomic E-state index is 13.1. The van der Waals surface area contributed by atoms with Gasteiger partial charge in [0.1, 0.15) is 0 Å². The third kappa shape index (κ3) is 3.94. The standard InChI is InChI=1S/C15H12F3N3O3/c16-15(17,18)10-7-8(20-14(23)24)5-6-12(10)21-13(22)9-3-1-2-4-11(9)19/h1-7,20H,19H2,(H,21,22)(H,23,24). The molecule has 126 valence electrons. The number of carbonyl (C=O) groups excluding carboxylic acids is 1. The fourth-order valence-electron chi connectivity index (χ4n) is 1.98. The molecule has 24 heavy (non-hydrogen) atoms. The van der Waals surface area contributed by atoms with E-state index in [1.54, 1.807) is 6.07 Å². The fourth-order valence-corrected chi connectivity index (χ4v) is 1.98. The Bertz CT molecular complexity index is 791. The van der Waals surface area contributed by atoms with Crippen LogP contribution in [-0.2, 0) is 6.18 Å². The number of carbonyl (C=O) groups is 2. The monoisotopic (exact) mass is 339 g/mol. The zero-order valence-corrected chi connectivity index (χ0v) is 12.0. The Hall–Kier alpha value is -3.23. The lowest BCUT2D eigenvalue weighted by Gasteiger charge is -2.15. The van der Waals surface area contributed by atoms with E-state index in [1.165, 1.54) is 18.2 Å². The Labute approximate surface area is 134 Å². The van der Waals surface area contributed by atoms with E-state index in [-0.39, 0.29) is 16.9 Å². The van der Waals surface area contributed by atoms with Gasteiger partial charge in [0.15, 0.2) is 0 Å². The predicted octanol–water partition coefficient (Wildman–Crippen LogP) is 3.63. The van der Waals surface area contributed by atoms with Crippen molar-refractivity contribution in [2.24, 2.45) is 0 Å². The second-order valence-electron chi connectivity index (χ2n) is 4.73. The van der Waals surface area contributed by atoms with Crippen molar-refractivity contribution in [3.63, 3.8) is 0 Å². The highest BCUT2D eigenvalue weighted by Gasteiger charge is 2.34. The van der Waals surface area contributed by atoms with Crippen LogP contribution in [0.2, 0.25) is 0 Å². The number of amides is 2. The van der Waals surface area contributed by atoms with Crippen LogP contribution in [0, 0.1) is 0 Å². The Balaban J connectivity index is 2.37. The molecule has 0 unspecified atom stereocenters. The summed E-state index contributed by atoms with van der Waals surface area (Å²) in [5.41, 5.74) is 3.80. The largest absolute Gasteiger partial charge is 0.465 e. The molecule has 2 rings (SSSR count). The van der Waals surface area contributed by atoms with Crippen LogP contribution in [0.25, 0.3) is 0 Å². The van der Waals surface area contributed by atoms with Crippen LogP contribution in [0.3, 0.4) is 0 Å². The summed E-state index contributed by atoms with van der Waals surface area (Å²) in [6, 6.07) is 8.59. The zero-order chi connectivity index (χ0) is 17.9. The number of alkyl halides is 3. The first-order chi connectivity index (χ1) is 11.2. The molecule has 0 fully saturated rings. The summed E-state index contributed by atoms with van der Waals surface area (Å²) in [6.45, 7) is 0. The number of carboxylic acid groups (broad SMARTS) is 1. The van der Waals surface area contributed by atoms with Crippen LogP contribution in [0.1, 0.15) is 15.9 Å². The molecule has 0 bridgehead atoms. The zero-order valence-electron chi connectivity index (χ0n) is 12.0. The number of para-hydroxylation sites is 1. The van der Waals surface area contributed by atoms with Crippen molar-refractivity contribution in [2.75, 3.05) is 16.4 Å². The van der Waals surface area contributed by atoms with Crippen molar-refractivity contribution >= 4 is 29.1 Å². The van der Waals surface area contributed by atoms with E-state index in [0.29, 0.717) is 6.07 Å². The van der Waals surface area contributed by atoms with Gasteiger partial charge in [-0.15, -0.1) is 0 Å². The van der Waals surface area contributed by atoms with Gasteiger partial charge in [0.05, 0.1) is 16.8 Å². The van der Waals surface area contributed by atoms with Crippen LogP contribution < -0.4 is 16.4 Å². The average Bonchev–Trinajstić information content (AvgIpc) is 2.47.